The minimum atomic E-state index is -0.0249. The van der Waals surface area contributed by atoms with Crippen molar-refractivity contribution in [1.29, 1.82) is 10.5 Å². The number of rotatable bonds is 1. The average molecular weight is 440 g/mol. The maximum Gasteiger partial charge on any atom is 0.145 e. The zero-order valence-corrected chi connectivity index (χ0v) is 19.2. The Hall–Kier alpha value is -4.54. The minimum absolute atomic E-state index is 0.0249. The molecule has 0 aliphatic heterocycles. The molecule has 0 spiro atoms. The molecule has 0 aliphatic rings. The second-order valence-corrected chi connectivity index (χ2v) is 9.68. The quantitative estimate of drug-likeness (QED) is 0.263. The van der Waals surface area contributed by atoms with Gasteiger partial charge in [0.15, 0.2) is 0 Å². The van der Waals surface area contributed by atoms with Gasteiger partial charge in [0, 0.05) is 16.2 Å². The molecule has 6 aromatic rings. The third-order valence-electron chi connectivity index (χ3n) is 6.65. The first kappa shape index (κ1) is 20.1. The van der Waals surface area contributed by atoms with E-state index in [2.05, 4.69) is 73.9 Å². The predicted octanol–water partition coefficient (Wildman–Crippen LogP) is 7.72. The molecule has 4 heteroatoms. The van der Waals surface area contributed by atoms with Crippen LogP contribution in [0.1, 0.15) is 37.5 Å². The molecule has 0 atom stereocenters. The second kappa shape index (κ2) is 6.98. The molecule has 6 rings (SSSR count). The molecule has 4 aromatic carbocycles. The van der Waals surface area contributed by atoms with E-state index < -0.39 is 0 Å². The zero-order valence-electron chi connectivity index (χ0n) is 19.2. The van der Waals surface area contributed by atoms with Crippen LogP contribution in [0.5, 0.6) is 0 Å². The SMILES string of the molecule is CC(C)(C)c1ccc2c(c1)c1c3oc4ccccc4c3ccc1n2-c1cccc(C#N)c1C#N. The molecule has 4 nitrogen and oxygen atoms in total. The Bertz CT molecular complexity index is 1860. The van der Waals surface area contributed by atoms with Gasteiger partial charge in [-0.3, -0.25) is 0 Å². The van der Waals surface area contributed by atoms with Crippen molar-refractivity contribution in [3.05, 3.63) is 89.5 Å². The molecule has 0 saturated heterocycles. The van der Waals surface area contributed by atoms with Crippen LogP contribution in [0, 0.1) is 22.7 Å². The van der Waals surface area contributed by atoms with Crippen molar-refractivity contribution in [1.82, 2.24) is 4.57 Å². The first-order valence-electron chi connectivity index (χ1n) is 11.2. The maximum atomic E-state index is 9.96. The Kier molecular flexibility index (Phi) is 4.12. The molecule has 0 bridgehead atoms. The molecule has 0 aliphatic carbocycles. The summed E-state index contributed by atoms with van der Waals surface area (Å²) in [5.74, 6) is 0. The summed E-state index contributed by atoms with van der Waals surface area (Å²) in [6.45, 7) is 6.61. The molecule has 0 amide bonds. The summed E-state index contributed by atoms with van der Waals surface area (Å²) >= 11 is 0. The molecule has 2 heterocycles. The van der Waals surface area contributed by atoms with Gasteiger partial charge in [0.1, 0.15) is 23.3 Å². The van der Waals surface area contributed by atoms with Crippen molar-refractivity contribution in [2.75, 3.05) is 0 Å². The number of furan rings is 1. The lowest BCUT2D eigenvalue weighted by atomic mass is 9.86. The van der Waals surface area contributed by atoms with Crippen molar-refractivity contribution < 1.29 is 4.42 Å². The number of aromatic nitrogens is 1. The number of nitrogens with zero attached hydrogens (tertiary/aromatic N) is 3. The number of benzene rings is 4. The molecular weight excluding hydrogens is 418 g/mol. The minimum Gasteiger partial charge on any atom is -0.455 e. The van der Waals surface area contributed by atoms with Crippen molar-refractivity contribution in [3.8, 4) is 17.8 Å². The van der Waals surface area contributed by atoms with Crippen LogP contribution in [0.15, 0.2) is 77.2 Å². The lowest BCUT2D eigenvalue weighted by molar-refractivity contribution is 0.591. The van der Waals surface area contributed by atoms with Gasteiger partial charge in [-0.2, -0.15) is 10.5 Å². The van der Waals surface area contributed by atoms with Crippen LogP contribution in [-0.2, 0) is 5.41 Å². The van der Waals surface area contributed by atoms with Crippen LogP contribution in [-0.4, -0.2) is 4.57 Å². The summed E-state index contributed by atoms with van der Waals surface area (Å²) in [6, 6.07) is 28.6. The van der Waals surface area contributed by atoms with E-state index in [0.29, 0.717) is 16.8 Å². The van der Waals surface area contributed by atoms with E-state index in [4.69, 9.17) is 4.42 Å². The lowest BCUT2D eigenvalue weighted by Gasteiger charge is -2.19. The van der Waals surface area contributed by atoms with E-state index in [1.807, 2.05) is 30.3 Å². The van der Waals surface area contributed by atoms with E-state index in [1.54, 1.807) is 6.07 Å². The Morgan fingerprint density at radius 1 is 0.765 bits per heavy atom. The van der Waals surface area contributed by atoms with Crippen LogP contribution in [0.3, 0.4) is 0 Å². The first-order chi connectivity index (χ1) is 16.4. The number of nitriles is 2. The molecule has 162 valence electrons. The van der Waals surface area contributed by atoms with Gasteiger partial charge in [-0.1, -0.05) is 51.1 Å². The van der Waals surface area contributed by atoms with E-state index in [0.717, 1.165) is 43.7 Å². The van der Waals surface area contributed by atoms with Crippen molar-refractivity contribution in [2.45, 2.75) is 26.2 Å². The highest BCUT2D eigenvalue weighted by atomic mass is 16.3. The maximum absolute atomic E-state index is 9.96. The number of hydrogen-bond acceptors (Lipinski definition) is 3. The van der Waals surface area contributed by atoms with Crippen LogP contribution in [0.25, 0.3) is 49.4 Å². The van der Waals surface area contributed by atoms with Crippen LogP contribution < -0.4 is 0 Å². The third kappa shape index (κ3) is 2.70. The summed E-state index contributed by atoms with van der Waals surface area (Å²) in [5, 5.41) is 23.8. The monoisotopic (exact) mass is 439 g/mol. The van der Waals surface area contributed by atoms with Crippen LogP contribution in [0.4, 0.5) is 0 Å². The molecular formula is C30H21N3O. The van der Waals surface area contributed by atoms with Gasteiger partial charge >= 0.3 is 0 Å². The molecule has 0 radical (unpaired) electrons. The fourth-order valence-corrected chi connectivity index (χ4v) is 4.95. The predicted molar refractivity (Wildman–Crippen MR) is 136 cm³/mol. The van der Waals surface area contributed by atoms with Gasteiger partial charge in [-0.05, 0) is 53.4 Å². The van der Waals surface area contributed by atoms with Gasteiger partial charge in [0.2, 0.25) is 0 Å². The zero-order chi connectivity index (χ0) is 23.6. The van der Waals surface area contributed by atoms with Gasteiger partial charge in [-0.25, -0.2) is 0 Å². The van der Waals surface area contributed by atoms with E-state index in [1.165, 1.54) is 5.56 Å². The molecule has 0 unspecified atom stereocenters. The molecule has 0 saturated carbocycles. The smallest absolute Gasteiger partial charge is 0.145 e. The average Bonchev–Trinajstić information content (AvgIpc) is 3.37. The summed E-state index contributed by atoms with van der Waals surface area (Å²) in [4.78, 5) is 0. The van der Waals surface area contributed by atoms with Gasteiger partial charge in [0.25, 0.3) is 0 Å². The number of hydrogen-bond donors (Lipinski definition) is 0. The van der Waals surface area contributed by atoms with Gasteiger partial charge in [0.05, 0.1) is 33.2 Å². The normalized spacial score (nSPS) is 11.9. The number of para-hydroxylation sites is 1. The van der Waals surface area contributed by atoms with Gasteiger partial charge < -0.3 is 8.98 Å². The fraction of sp³-hybridized carbons (Fsp3) is 0.133. The van der Waals surface area contributed by atoms with E-state index >= 15 is 0 Å². The Balaban J connectivity index is 1.86. The lowest BCUT2D eigenvalue weighted by Crippen LogP contribution is -2.10. The first-order valence-corrected chi connectivity index (χ1v) is 11.2. The Morgan fingerprint density at radius 3 is 2.32 bits per heavy atom. The summed E-state index contributed by atoms with van der Waals surface area (Å²) in [6.07, 6.45) is 0. The molecule has 2 aromatic heterocycles. The Morgan fingerprint density at radius 2 is 1.56 bits per heavy atom. The highest BCUT2D eigenvalue weighted by molar-refractivity contribution is 6.24. The third-order valence-corrected chi connectivity index (χ3v) is 6.65. The van der Waals surface area contributed by atoms with Crippen molar-refractivity contribution in [3.63, 3.8) is 0 Å². The van der Waals surface area contributed by atoms with Crippen LogP contribution >= 0.6 is 0 Å². The second-order valence-electron chi connectivity index (χ2n) is 9.68. The highest BCUT2D eigenvalue weighted by Gasteiger charge is 2.23. The van der Waals surface area contributed by atoms with Crippen molar-refractivity contribution in [2.24, 2.45) is 0 Å². The standard InChI is InChI=1S/C30H21N3O/c1-30(2,3)19-11-13-25-22(15-19)28-26(33(25)24-9-6-7-18(16-31)23(24)17-32)14-12-21-20-8-4-5-10-27(20)34-29(21)28/h4-15H,1-3H3. The molecule has 0 N–H and O–H groups in total. The fourth-order valence-electron chi connectivity index (χ4n) is 4.95. The van der Waals surface area contributed by atoms with E-state index in [9.17, 15) is 10.5 Å². The summed E-state index contributed by atoms with van der Waals surface area (Å²) < 4.78 is 8.51. The van der Waals surface area contributed by atoms with Gasteiger partial charge in [-0.15, -0.1) is 0 Å². The molecule has 34 heavy (non-hydrogen) atoms. The van der Waals surface area contributed by atoms with Crippen molar-refractivity contribution >= 4 is 43.7 Å². The topological polar surface area (TPSA) is 65.7 Å². The van der Waals surface area contributed by atoms with Crippen LogP contribution in [0.2, 0.25) is 0 Å². The summed E-state index contributed by atoms with van der Waals surface area (Å²) in [5.41, 5.74) is 6.23. The summed E-state index contributed by atoms with van der Waals surface area (Å²) in [7, 11) is 0. The largest absolute Gasteiger partial charge is 0.455 e. The van der Waals surface area contributed by atoms with E-state index in [-0.39, 0.29) is 5.41 Å². The highest BCUT2D eigenvalue weighted by Crippen LogP contribution is 2.42. The Labute approximate surface area is 196 Å². The number of fused-ring (bicyclic) bond motifs is 7. The molecule has 0 fully saturated rings.